The third kappa shape index (κ3) is 6.83. The van der Waals surface area contributed by atoms with E-state index in [1.54, 1.807) is 7.05 Å². The molecule has 0 radical (unpaired) electrons. The topological polar surface area (TPSA) is 21.3 Å². The van der Waals surface area contributed by atoms with Crippen LogP contribution in [0, 0.1) is 0 Å². The minimum atomic E-state index is -4.23. The van der Waals surface area contributed by atoms with E-state index in [1.165, 1.54) is 0 Å². The summed E-state index contributed by atoms with van der Waals surface area (Å²) in [5, 5.41) is 2.91. The van der Waals surface area contributed by atoms with Gasteiger partial charge in [0, 0.05) is 6.61 Å². The van der Waals surface area contributed by atoms with Crippen LogP contribution >= 0.6 is 0 Å². The maximum atomic E-state index is 11.9. The lowest BCUT2D eigenvalue weighted by atomic mass is 10.3. The normalized spacial score (nSPS) is 14.5. The summed E-state index contributed by atoms with van der Waals surface area (Å²) in [7, 11) is 1.80. The van der Waals surface area contributed by atoms with E-state index < -0.39 is 12.3 Å². The van der Waals surface area contributed by atoms with Crippen LogP contribution < -0.4 is 5.32 Å². The number of alkyl halides is 3. The summed E-state index contributed by atoms with van der Waals surface area (Å²) in [6, 6.07) is 0. The molecule has 5 heteroatoms. The first kappa shape index (κ1) is 12.7. The highest BCUT2D eigenvalue weighted by Crippen LogP contribution is 2.22. The molecule has 13 heavy (non-hydrogen) atoms. The summed E-state index contributed by atoms with van der Waals surface area (Å²) in [5.74, 6) is 0. The Morgan fingerprint density at radius 1 is 1.31 bits per heavy atom. The first-order chi connectivity index (χ1) is 5.98. The number of hydrogen-bond acceptors (Lipinski definition) is 2. The molecule has 0 amide bonds. The zero-order chi connectivity index (χ0) is 10.3. The van der Waals surface area contributed by atoms with Crippen molar-refractivity contribution < 1.29 is 17.9 Å². The van der Waals surface area contributed by atoms with Gasteiger partial charge in [-0.2, -0.15) is 13.2 Å². The molecule has 0 spiro atoms. The number of rotatable bonds is 6. The van der Waals surface area contributed by atoms with Gasteiger partial charge in [0.05, 0.1) is 0 Å². The van der Waals surface area contributed by atoms with Gasteiger partial charge in [0.1, 0.15) is 0 Å². The maximum Gasteiger partial charge on any atom is 0.414 e. The SMILES string of the molecule is CNCCCCOC(C)C(F)(F)F. The lowest BCUT2D eigenvalue weighted by Gasteiger charge is -2.15. The molecule has 0 bridgehead atoms. The minimum absolute atomic E-state index is 0.169. The summed E-state index contributed by atoms with van der Waals surface area (Å²) in [5.41, 5.74) is 0. The molecule has 0 aromatic rings. The molecule has 0 saturated carbocycles. The van der Waals surface area contributed by atoms with Gasteiger partial charge in [-0.3, -0.25) is 0 Å². The molecule has 0 aliphatic rings. The molecule has 0 rings (SSSR count). The largest absolute Gasteiger partial charge is 0.414 e. The standard InChI is InChI=1S/C8H16F3NO/c1-7(8(9,10)11)13-6-4-3-5-12-2/h7,12H,3-6H2,1-2H3. The summed E-state index contributed by atoms with van der Waals surface area (Å²) in [6.45, 7) is 2.00. The first-order valence-electron chi connectivity index (χ1n) is 4.31. The molecule has 0 aromatic carbocycles. The Kier molecular flexibility index (Phi) is 6.07. The Morgan fingerprint density at radius 2 is 1.92 bits per heavy atom. The second kappa shape index (κ2) is 6.21. The van der Waals surface area contributed by atoms with Gasteiger partial charge in [-0.15, -0.1) is 0 Å². The van der Waals surface area contributed by atoms with Crippen LogP contribution in [0.3, 0.4) is 0 Å². The molecule has 1 N–H and O–H groups in total. The second-order valence-corrected chi connectivity index (χ2v) is 2.87. The van der Waals surface area contributed by atoms with Gasteiger partial charge in [0.25, 0.3) is 0 Å². The summed E-state index contributed by atoms with van der Waals surface area (Å²) in [4.78, 5) is 0. The van der Waals surface area contributed by atoms with Crippen molar-refractivity contribution in [2.45, 2.75) is 32.0 Å². The number of hydrogen-bond donors (Lipinski definition) is 1. The van der Waals surface area contributed by atoms with Crippen LogP contribution in [-0.4, -0.2) is 32.5 Å². The average molecular weight is 199 g/mol. The summed E-state index contributed by atoms with van der Waals surface area (Å²) in [6.07, 6.45) is -4.40. The van der Waals surface area contributed by atoms with Gasteiger partial charge in [-0.05, 0) is 33.4 Å². The fraction of sp³-hybridized carbons (Fsp3) is 1.00. The molecule has 0 fully saturated rings. The number of ether oxygens (including phenoxy) is 1. The lowest BCUT2D eigenvalue weighted by molar-refractivity contribution is -0.214. The first-order valence-corrected chi connectivity index (χ1v) is 4.31. The zero-order valence-corrected chi connectivity index (χ0v) is 7.95. The monoisotopic (exact) mass is 199 g/mol. The smallest absolute Gasteiger partial charge is 0.369 e. The van der Waals surface area contributed by atoms with Crippen LogP contribution in [0.15, 0.2) is 0 Å². The Labute approximate surface area is 76.5 Å². The molecule has 1 unspecified atom stereocenters. The zero-order valence-electron chi connectivity index (χ0n) is 7.95. The van der Waals surface area contributed by atoms with E-state index in [2.05, 4.69) is 10.1 Å². The molecule has 0 heterocycles. The fourth-order valence-electron chi connectivity index (χ4n) is 0.758. The third-order valence-corrected chi connectivity index (χ3v) is 1.65. The highest BCUT2D eigenvalue weighted by atomic mass is 19.4. The predicted molar refractivity (Wildman–Crippen MR) is 44.6 cm³/mol. The molecule has 80 valence electrons. The molecule has 0 aliphatic heterocycles. The third-order valence-electron chi connectivity index (χ3n) is 1.65. The van der Waals surface area contributed by atoms with Crippen molar-refractivity contribution in [3.8, 4) is 0 Å². The van der Waals surface area contributed by atoms with Crippen molar-refractivity contribution >= 4 is 0 Å². The predicted octanol–water partition coefficient (Wildman–Crippen LogP) is 1.95. The van der Waals surface area contributed by atoms with E-state index in [-0.39, 0.29) is 6.61 Å². The van der Waals surface area contributed by atoms with Gasteiger partial charge < -0.3 is 10.1 Å². The van der Waals surface area contributed by atoms with Crippen LogP contribution in [0.4, 0.5) is 13.2 Å². The van der Waals surface area contributed by atoms with Crippen molar-refractivity contribution in [1.29, 1.82) is 0 Å². The number of halogens is 3. The number of unbranched alkanes of at least 4 members (excludes halogenated alkanes) is 1. The lowest BCUT2D eigenvalue weighted by Crippen LogP contribution is -2.28. The quantitative estimate of drug-likeness (QED) is 0.660. The molecule has 0 aromatic heterocycles. The van der Waals surface area contributed by atoms with E-state index in [4.69, 9.17) is 0 Å². The summed E-state index contributed by atoms with van der Waals surface area (Å²) < 4.78 is 40.3. The van der Waals surface area contributed by atoms with E-state index in [1.807, 2.05) is 0 Å². The van der Waals surface area contributed by atoms with Crippen LogP contribution in [0.25, 0.3) is 0 Å². The second-order valence-electron chi connectivity index (χ2n) is 2.87. The van der Waals surface area contributed by atoms with E-state index in [0.29, 0.717) is 6.42 Å². The highest BCUT2D eigenvalue weighted by molar-refractivity contribution is 4.60. The Morgan fingerprint density at radius 3 is 2.38 bits per heavy atom. The molecular formula is C8H16F3NO. The molecule has 1 atom stereocenters. The minimum Gasteiger partial charge on any atom is -0.369 e. The van der Waals surface area contributed by atoms with E-state index >= 15 is 0 Å². The highest BCUT2D eigenvalue weighted by Gasteiger charge is 2.36. The van der Waals surface area contributed by atoms with Gasteiger partial charge in [0.2, 0.25) is 0 Å². The van der Waals surface area contributed by atoms with Crippen molar-refractivity contribution in [1.82, 2.24) is 5.32 Å². The van der Waals surface area contributed by atoms with Gasteiger partial charge in [0.15, 0.2) is 6.10 Å². The van der Waals surface area contributed by atoms with Crippen molar-refractivity contribution in [2.75, 3.05) is 20.2 Å². The van der Waals surface area contributed by atoms with Gasteiger partial charge in [-0.25, -0.2) is 0 Å². The Hall–Kier alpha value is -0.290. The molecule has 0 aliphatic carbocycles. The van der Waals surface area contributed by atoms with Crippen molar-refractivity contribution in [2.24, 2.45) is 0 Å². The molecule has 0 saturated heterocycles. The van der Waals surface area contributed by atoms with E-state index in [9.17, 15) is 13.2 Å². The Balaban J connectivity index is 3.32. The molecular weight excluding hydrogens is 183 g/mol. The number of nitrogens with one attached hydrogen (secondary N) is 1. The van der Waals surface area contributed by atoms with Crippen molar-refractivity contribution in [3.05, 3.63) is 0 Å². The Bertz CT molecular complexity index is 127. The van der Waals surface area contributed by atoms with E-state index in [0.717, 1.165) is 19.9 Å². The maximum absolute atomic E-state index is 11.9. The average Bonchev–Trinajstić information content (AvgIpc) is 2.02. The molecule has 2 nitrogen and oxygen atoms in total. The van der Waals surface area contributed by atoms with Crippen LogP contribution in [0.5, 0.6) is 0 Å². The summed E-state index contributed by atoms with van der Waals surface area (Å²) >= 11 is 0. The fourth-order valence-corrected chi connectivity index (χ4v) is 0.758. The van der Waals surface area contributed by atoms with Crippen molar-refractivity contribution in [3.63, 3.8) is 0 Å². The van der Waals surface area contributed by atoms with Crippen LogP contribution in [0.2, 0.25) is 0 Å². The van der Waals surface area contributed by atoms with Gasteiger partial charge in [-0.1, -0.05) is 0 Å². The van der Waals surface area contributed by atoms with Crippen LogP contribution in [0.1, 0.15) is 19.8 Å². The van der Waals surface area contributed by atoms with Gasteiger partial charge >= 0.3 is 6.18 Å². The van der Waals surface area contributed by atoms with Crippen LogP contribution in [-0.2, 0) is 4.74 Å².